The number of unbranched alkanes of at least 4 members (excludes halogenated alkanes) is 7. The van der Waals surface area contributed by atoms with Crippen LogP contribution in [0.3, 0.4) is 0 Å². The maximum absolute atomic E-state index is 12.1. The lowest BCUT2D eigenvalue weighted by Gasteiger charge is -2.45. The Morgan fingerprint density at radius 1 is 1.17 bits per heavy atom. The number of β-amino-alcohol motifs (C(OH)–C–C–N with tert-alkyl or cyclic N) is 1. The molecule has 2 heterocycles. The van der Waals surface area contributed by atoms with E-state index in [2.05, 4.69) is 17.0 Å². The van der Waals surface area contributed by atoms with Crippen LogP contribution in [0.4, 0.5) is 0 Å². The lowest BCUT2D eigenvalue weighted by atomic mass is 9.92. The monoisotopic (exact) mass is 322 g/mol. The highest BCUT2D eigenvalue weighted by Gasteiger charge is 2.47. The third-order valence-corrected chi connectivity index (χ3v) is 4.63. The van der Waals surface area contributed by atoms with Gasteiger partial charge in [-0.1, -0.05) is 51.9 Å². The molecule has 0 radical (unpaired) electrons. The number of nitrogens with zero attached hydrogens (tertiary/aromatic N) is 4. The molecule has 0 spiro atoms. The summed E-state index contributed by atoms with van der Waals surface area (Å²) in [7, 11) is 1.76. The number of hydrogen-bond donors (Lipinski definition) is 1. The van der Waals surface area contributed by atoms with Crippen LogP contribution in [0.5, 0.6) is 0 Å². The van der Waals surface area contributed by atoms with E-state index in [9.17, 15) is 9.90 Å². The van der Waals surface area contributed by atoms with Gasteiger partial charge in [-0.05, 0) is 6.42 Å². The molecular formula is C17H30N4O2. The Balaban J connectivity index is 1.57. The number of hydrogen-bond acceptors (Lipinski definition) is 4. The zero-order valence-corrected chi connectivity index (χ0v) is 14.5. The minimum atomic E-state index is -1.03. The molecule has 0 unspecified atom stereocenters. The molecule has 6 nitrogen and oxygen atoms in total. The molecule has 0 aliphatic carbocycles. The predicted molar refractivity (Wildman–Crippen MR) is 88.7 cm³/mol. The first-order valence-corrected chi connectivity index (χ1v) is 8.91. The number of carbonyl (C=O) groups excluding carboxylic acids is 1. The number of carbonyl (C=O) groups is 1. The van der Waals surface area contributed by atoms with Crippen molar-refractivity contribution in [2.45, 2.75) is 70.3 Å². The number of aliphatic hydroxyl groups is 1. The molecule has 1 amide bonds. The molecule has 1 aliphatic rings. The summed E-state index contributed by atoms with van der Waals surface area (Å²) in [4.78, 5) is 17.9. The van der Waals surface area contributed by atoms with E-state index in [-0.39, 0.29) is 5.91 Å². The highest BCUT2D eigenvalue weighted by atomic mass is 16.3. The van der Waals surface area contributed by atoms with Gasteiger partial charge in [0.25, 0.3) is 0 Å². The molecule has 0 saturated carbocycles. The molecule has 0 aromatic carbocycles. The van der Waals surface area contributed by atoms with E-state index >= 15 is 0 Å². The Hall–Kier alpha value is -1.43. The Bertz CT molecular complexity index is 495. The van der Waals surface area contributed by atoms with Gasteiger partial charge in [0.15, 0.2) is 11.4 Å². The fourth-order valence-electron chi connectivity index (χ4n) is 3.19. The topological polar surface area (TPSA) is 71.2 Å². The van der Waals surface area contributed by atoms with Gasteiger partial charge in [-0.3, -0.25) is 9.48 Å². The summed E-state index contributed by atoms with van der Waals surface area (Å²) in [5.41, 5.74) is -1.03. The van der Waals surface area contributed by atoms with Crippen LogP contribution in [0.1, 0.15) is 70.5 Å². The van der Waals surface area contributed by atoms with Crippen molar-refractivity contribution in [2.24, 2.45) is 7.05 Å². The second kappa shape index (κ2) is 8.43. The molecule has 6 heteroatoms. The van der Waals surface area contributed by atoms with Crippen molar-refractivity contribution in [3.8, 4) is 0 Å². The second-order valence-electron chi connectivity index (χ2n) is 6.71. The molecular weight excluding hydrogens is 292 g/mol. The van der Waals surface area contributed by atoms with Gasteiger partial charge in [0, 0.05) is 13.5 Å². The Labute approximate surface area is 138 Å². The molecule has 1 N–H and O–H groups in total. The van der Waals surface area contributed by atoms with Crippen molar-refractivity contribution in [2.75, 3.05) is 13.1 Å². The highest BCUT2D eigenvalue weighted by molar-refractivity contribution is 5.77. The normalized spacial score (nSPS) is 16.4. The standard InChI is InChI=1S/C17H30N4O2/c1-3-4-5-6-7-8-9-10-11-15(22)21-12-17(23,13-21)16-18-14-19-20(16)2/h14,23H,3-13H2,1-2H3. The Morgan fingerprint density at radius 3 is 2.35 bits per heavy atom. The molecule has 130 valence electrons. The Kier molecular flexibility index (Phi) is 6.57. The van der Waals surface area contributed by atoms with Crippen LogP contribution >= 0.6 is 0 Å². The average Bonchev–Trinajstić information content (AvgIpc) is 2.93. The molecule has 1 aromatic rings. The van der Waals surface area contributed by atoms with Gasteiger partial charge in [-0.2, -0.15) is 5.10 Å². The third-order valence-electron chi connectivity index (χ3n) is 4.63. The zero-order chi connectivity index (χ0) is 16.7. The lowest BCUT2D eigenvalue weighted by molar-refractivity contribution is -0.159. The summed E-state index contributed by atoms with van der Waals surface area (Å²) in [6.07, 6.45) is 11.9. The van der Waals surface area contributed by atoms with Gasteiger partial charge < -0.3 is 10.0 Å². The van der Waals surface area contributed by atoms with Gasteiger partial charge in [0.1, 0.15) is 6.33 Å². The van der Waals surface area contributed by atoms with E-state index < -0.39 is 5.60 Å². The molecule has 1 aromatic heterocycles. The summed E-state index contributed by atoms with van der Waals surface area (Å²) in [6, 6.07) is 0. The summed E-state index contributed by atoms with van der Waals surface area (Å²) < 4.78 is 1.57. The smallest absolute Gasteiger partial charge is 0.222 e. The van der Waals surface area contributed by atoms with Gasteiger partial charge >= 0.3 is 0 Å². The molecule has 2 rings (SSSR count). The third kappa shape index (κ3) is 4.77. The van der Waals surface area contributed by atoms with Crippen molar-refractivity contribution in [3.63, 3.8) is 0 Å². The first kappa shape index (κ1) is 17.9. The van der Waals surface area contributed by atoms with Gasteiger partial charge in [-0.15, -0.1) is 0 Å². The van der Waals surface area contributed by atoms with Crippen LogP contribution in [0, 0.1) is 0 Å². The number of likely N-dealkylation sites (tertiary alicyclic amines) is 1. The fourth-order valence-corrected chi connectivity index (χ4v) is 3.19. The quantitative estimate of drug-likeness (QED) is 0.671. The fraction of sp³-hybridized carbons (Fsp3) is 0.824. The van der Waals surface area contributed by atoms with Crippen molar-refractivity contribution in [1.29, 1.82) is 0 Å². The van der Waals surface area contributed by atoms with Crippen LogP contribution in [-0.4, -0.2) is 43.8 Å². The van der Waals surface area contributed by atoms with E-state index in [1.54, 1.807) is 16.6 Å². The summed E-state index contributed by atoms with van der Waals surface area (Å²) >= 11 is 0. The van der Waals surface area contributed by atoms with Gasteiger partial charge in [0.2, 0.25) is 5.91 Å². The van der Waals surface area contributed by atoms with Crippen molar-refractivity contribution >= 4 is 5.91 Å². The molecule has 0 atom stereocenters. The maximum atomic E-state index is 12.1. The van der Waals surface area contributed by atoms with Gasteiger partial charge in [-0.25, -0.2) is 4.98 Å². The second-order valence-corrected chi connectivity index (χ2v) is 6.71. The summed E-state index contributed by atoms with van der Waals surface area (Å²) in [6.45, 7) is 2.89. The molecule has 1 saturated heterocycles. The lowest BCUT2D eigenvalue weighted by Crippen LogP contribution is -2.62. The zero-order valence-electron chi connectivity index (χ0n) is 14.5. The number of aryl methyl sites for hydroxylation is 1. The minimum Gasteiger partial charge on any atom is -0.378 e. The maximum Gasteiger partial charge on any atom is 0.222 e. The van der Waals surface area contributed by atoms with E-state index in [0.29, 0.717) is 25.3 Å². The highest BCUT2D eigenvalue weighted by Crippen LogP contribution is 2.30. The Morgan fingerprint density at radius 2 is 1.78 bits per heavy atom. The summed E-state index contributed by atoms with van der Waals surface area (Å²) in [5, 5.41) is 14.4. The van der Waals surface area contributed by atoms with E-state index in [1.165, 1.54) is 44.9 Å². The van der Waals surface area contributed by atoms with Crippen molar-refractivity contribution in [3.05, 3.63) is 12.2 Å². The van der Waals surface area contributed by atoms with E-state index in [0.717, 1.165) is 12.8 Å². The van der Waals surface area contributed by atoms with Crippen LogP contribution in [-0.2, 0) is 17.4 Å². The first-order valence-electron chi connectivity index (χ1n) is 8.91. The summed E-state index contributed by atoms with van der Waals surface area (Å²) in [5.74, 6) is 0.677. The van der Waals surface area contributed by atoms with Crippen LogP contribution in [0.2, 0.25) is 0 Å². The number of aromatic nitrogens is 3. The van der Waals surface area contributed by atoms with E-state index in [1.807, 2.05) is 0 Å². The molecule has 0 bridgehead atoms. The SMILES string of the molecule is CCCCCCCCCCC(=O)N1CC(O)(c2ncnn2C)C1. The predicted octanol–water partition coefficient (Wildman–Crippen LogP) is 2.38. The molecule has 23 heavy (non-hydrogen) atoms. The average molecular weight is 322 g/mol. The van der Waals surface area contributed by atoms with Crippen LogP contribution in [0.25, 0.3) is 0 Å². The van der Waals surface area contributed by atoms with E-state index in [4.69, 9.17) is 0 Å². The number of amides is 1. The molecule has 1 aliphatic heterocycles. The van der Waals surface area contributed by atoms with Crippen LogP contribution in [0.15, 0.2) is 6.33 Å². The van der Waals surface area contributed by atoms with Gasteiger partial charge in [0.05, 0.1) is 13.1 Å². The molecule has 1 fully saturated rings. The largest absolute Gasteiger partial charge is 0.378 e. The van der Waals surface area contributed by atoms with Crippen molar-refractivity contribution < 1.29 is 9.90 Å². The van der Waals surface area contributed by atoms with Crippen molar-refractivity contribution in [1.82, 2.24) is 19.7 Å². The van der Waals surface area contributed by atoms with Crippen LogP contribution < -0.4 is 0 Å². The first-order chi connectivity index (χ1) is 11.1. The number of rotatable bonds is 10. The minimum absolute atomic E-state index is 0.142.